The van der Waals surface area contributed by atoms with Gasteiger partial charge in [0, 0.05) is 18.8 Å². The number of nitrogens with zero attached hydrogens (tertiary/aromatic N) is 1. The number of benzene rings is 1. The Morgan fingerprint density at radius 1 is 1.29 bits per heavy atom. The number of anilines is 1. The minimum absolute atomic E-state index is 0.0749. The Hall–Kier alpha value is -1.79. The zero-order valence-corrected chi connectivity index (χ0v) is 15.2. The molecule has 1 unspecified atom stereocenters. The smallest absolute Gasteiger partial charge is 0.260 e. The first-order valence-corrected chi connectivity index (χ1v) is 8.57. The standard InChI is InChI=1S/C17H26ClN3O3/c1-4-7-14(19)17(23)20-12-8-9-15(13(18)10-12)24-11-16(22)21(5-2)6-3/h8-10,14H,4-7,11,19H2,1-3H3,(H,20,23). The van der Waals surface area contributed by atoms with E-state index in [0.717, 1.165) is 6.42 Å². The largest absolute Gasteiger partial charge is 0.482 e. The predicted octanol–water partition coefficient (Wildman–Crippen LogP) is 2.65. The van der Waals surface area contributed by atoms with Crippen LogP contribution in [0.3, 0.4) is 0 Å². The van der Waals surface area contributed by atoms with Gasteiger partial charge in [-0.3, -0.25) is 9.59 Å². The fraction of sp³-hybridized carbons (Fsp3) is 0.529. The Bertz CT molecular complexity index is 562. The number of carbonyl (C=O) groups excluding carboxylic acids is 2. The Kier molecular flexibility index (Phi) is 8.57. The van der Waals surface area contributed by atoms with Gasteiger partial charge in [0.25, 0.3) is 5.91 Å². The van der Waals surface area contributed by atoms with Crippen LogP contribution in [-0.4, -0.2) is 42.5 Å². The first kappa shape index (κ1) is 20.3. The molecule has 24 heavy (non-hydrogen) atoms. The second-order valence-corrected chi connectivity index (χ2v) is 5.79. The van der Waals surface area contributed by atoms with Gasteiger partial charge in [-0.25, -0.2) is 0 Å². The highest BCUT2D eigenvalue weighted by Gasteiger charge is 2.14. The van der Waals surface area contributed by atoms with E-state index in [9.17, 15) is 9.59 Å². The van der Waals surface area contributed by atoms with Gasteiger partial charge >= 0.3 is 0 Å². The van der Waals surface area contributed by atoms with Crippen molar-refractivity contribution in [3.8, 4) is 5.75 Å². The van der Waals surface area contributed by atoms with Gasteiger partial charge in [0.1, 0.15) is 5.75 Å². The van der Waals surface area contributed by atoms with Gasteiger partial charge in [0.15, 0.2) is 6.61 Å². The fourth-order valence-corrected chi connectivity index (χ4v) is 2.41. The van der Waals surface area contributed by atoms with Crippen molar-refractivity contribution in [2.45, 2.75) is 39.7 Å². The van der Waals surface area contributed by atoms with Crippen LogP contribution in [0.1, 0.15) is 33.6 Å². The molecule has 1 atom stereocenters. The molecule has 1 aromatic carbocycles. The summed E-state index contributed by atoms with van der Waals surface area (Å²) in [6, 6.07) is 4.32. The van der Waals surface area contributed by atoms with Crippen molar-refractivity contribution < 1.29 is 14.3 Å². The second-order valence-electron chi connectivity index (χ2n) is 5.38. The number of hydrogen-bond acceptors (Lipinski definition) is 4. The number of amides is 2. The van der Waals surface area contributed by atoms with Crippen molar-refractivity contribution in [1.29, 1.82) is 0 Å². The SMILES string of the molecule is CCCC(N)C(=O)Nc1ccc(OCC(=O)N(CC)CC)c(Cl)c1. The van der Waals surface area contributed by atoms with E-state index in [1.807, 2.05) is 20.8 Å². The number of ether oxygens (including phenoxy) is 1. The third-order valence-electron chi connectivity index (χ3n) is 3.60. The van der Waals surface area contributed by atoms with E-state index in [4.69, 9.17) is 22.1 Å². The maximum atomic E-state index is 11.9. The van der Waals surface area contributed by atoms with Gasteiger partial charge in [-0.2, -0.15) is 0 Å². The van der Waals surface area contributed by atoms with Gasteiger partial charge < -0.3 is 20.7 Å². The van der Waals surface area contributed by atoms with Crippen LogP contribution in [0.5, 0.6) is 5.75 Å². The van der Waals surface area contributed by atoms with Crippen LogP contribution < -0.4 is 15.8 Å². The summed E-state index contributed by atoms with van der Waals surface area (Å²) in [5, 5.41) is 3.04. The highest BCUT2D eigenvalue weighted by Crippen LogP contribution is 2.27. The lowest BCUT2D eigenvalue weighted by molar-refractivity contribution is -0.133. The van der Waals surface area contributed by atoms with Crippen LogP contribution in [0.25, 0.3) is 0 Å². The third-order valence-corrected chi connectivity index (χ3v) is 3.90. The van der Waals surface area contributed by atoms with Crippen molar-refractivity contribution in [2.24, 2.45) is 5.73 Å². The molecule has 1 rings (SSSR count). The van der Waals surface area contributed by atoms with Crippen LogP contribution >= 0.6 is 11.6 Å². The van der Waals surface area contributed by atoms with E-state index in [2.05, 4.69) is 5.32 Å². The molecule has 0 fully saturated rings. The number of likely N-dealkylation sites (N-methyl/N-ethyl adjacent to an activating group) is 1. The lowest BCUT2D eigenvalue weighted by Gasteiger charge is -2.19. The van der Waals surface area contributed by atoms with Crippen LogP contribution in [0.15, 0.2) is 18.2 Å². The average Bonchev–Trinajstić information content (AvgIpc) is 2.55. The first-order valence-electron chi connectivity index (χ1n) is 8.19. The van der Waals surface area contributed by atoms with E-state index < -0.39 is 6.04 Å². The summed E-state index contributed by atoms with van der Waals surface area (Å²) in [7, 11) is 0. The highest BCUT2D eigenvalue weighted by atomic mass is 35.5. The molecule has 0 aliphatic rings. The van der Waals surface area contributed by atoms with E-state index in [1.165, 1.54) is 0 Å². The summed E-state index contributed by atoms with van der Waals surface area (Å²) in [6.45, 7) is 6.99. The molecule has 0 aliphatic carbocycles. The molecule has 0 radical (unpaired) electrons. The summed E-state index contributed by atoms with van der Waals surface area (Å²) in [4.78, 5) is 25.5. The minimum atomic E-state index is -0.545. The molecule has 1 aromatic rings. The molecular formula is C17H26ClN3O3. The van der Waals surface area contributed by atoms with E-state index in [0.29, 0.717) is 36.0 Å². The van der Waals surface area contributed by atoms with Crippen molar-refractivity contribution in [3.63, 3.8) is 0 Å². The zero-order chi connectivity index (χ0) is 18.1. The van der Waals surface area contributed by atoms with Crippen LogP contribution in [-0.2, 0) is 9.59 Å². The summed E-state index contributed by atoms with van der Waals surface area (Å²) in [5.41, 5.74) is 6.31. The van der Waals surface area contributed by atoms with Crippen molar-refractivity contribution in [3.05, 3.63) is 23.2 Å². The summed E-state index contributed by atoms with van der Waals surface area (Å²) >= 11 is 6.15. The molecule has 0 spiro atoms. The van der Waals surface area contributed by atoms with Gasteiger partial charge in [-0.15, -0.1) is 0 Å². The Morgan fingerprint density at radius 2 is 1.96 bits per heavy atom. The third kappa shape index (κ3) is 6.02. The fourth-order valence-electron chi connectivity index (χ4n) is 2.18. The molecule has 3 N–H and O–H groups in total. The first-order chi connectivity index (χ1) is 11.4. The van der Waals surface area contributed by atoms with Crippen LogP contribution in [0.2, 0.25) is 5.02 Å². The van der Waals surface area contributed by atoms with Gasteiger partial charge in [0.05, 0.1) is 11.1 Å². The minimum Gasteiger partial charge on any atom is -0.482 e. The number of carbonyl (C=O) groups is 2. The summed E-state index contributed by atoms with van der Waals surface area (Å²) in [5.74, 6) is 0.0466. The number of nitrogens with one attached hydrogen (secondary N) is 1. The lowest BCUT2D eigenvalue weighted by Crippen LogP contribution is -2.35. The Morgan fingerprint density at radius 3 is 2.50 bits per heavy atom. The molecule has 0 aliphatic heterocycles. The lowest BCUT2D eigenvalue weighted by atomic mass is 10.1. The van der Waals surface area contributed by atoms with Crippen molar-refractivity contribution in [2.75, 3.05) is 25.0 Å². The second kappa shape index (κ2) is 10.2. The molecule has 0 saturated carbocycles. The number of halogens is 1. The normalized spacial score (nSPS) is 11.7. The van der Waals surface area contributed by atoms with Crippen molar-refractivity contribution >= 4 is 29.1 Å². The Balaban J connectivity index is 2.64. The molecule has 0 bridgehead atoms. The van der Waals surface area contributed by atoms with Crippen LogP contribution in [0, 0.1) is 0 Å². The summed E-state index contributed by atoms with van der Waals surface area (Å²) in [6.07, 6.45) is 1.46. The molecule has 134 valence electrons. The molecule has 7 heteroatoms. The quantitative estimate of drug-likeness (QED) is 0.713. The average molecular weight is 356 g/mol. The van der Waals surface area contributed by atoms with E-state index >= 15 is 0 Å². The van der Waals surface area contributed by atoms with Gasteiger partial charge in [-0.05, 0) is 38.5 Å². The molecule has 0 heterocycles. The number of hydrogen-bond donors (Lipinski definition) is 2. The van der Waals surface area contributed by atoms with Crippen molar-refractivity contribution in [1.82, 2.24) is 4.90 Å². The summed E-state index contributed by atoms with van der Waals surface area (Å²) < 4.78 is 5.47. The Labute approximate surface area is 148 Å². The van der Waals surface area contributed by atoms with E-state index in [1.54, 1.807) is 23.1 Å². The molecular weight excluding hydrogens is 330 g/mol. The topological polar surface area (TPSA) is 84.7 Å². The predicted molar refractivity (Wildman–Crippen MR) is 96.4 cm³/mol. The maximum Gasteiger partial charge on any atom is 0.260 e. The molecule has 0 saturated heterocycles. The molecule has 6 nitrogen and oxygen atoms in total. The number of nitrogens with two attached hydrogens (primary N) is 1. The number of rotatable bonds is 9. The van der Waals surface area contributed by atoms with Gasteiger partial charge in [-0.1, -0.05) is 24.9 Å². The van der Waals surface area contributed by atoms with Crippen LogP contribution in [0.4, 0.5) is 5.69 Å². The molecule has 2 amide bonds. The van der Waals surface area contributed by atoms with Gasteiger partial charge in [0.2, 0.25) is 5.91 Å². The monoisotopic (exact) mass is 355 g/mol. The van der Waals surface area contributed by atoms with E-state index in [-0.39, 0.29) is 18.4 Å². The zero-order valence-electron chi connectivity index (χ0n) is 14.5. The highest BCUT2D eigenvalue weighted by molar-refractivity contribution is 6.32. The maximum absolute atomic E-state index is 11.9. The molecule has 0 aromatic heterocycles.